The Bertz CT molecular complexity index is 1010. The van der Waals surface area contributed by atoms with Crippen LogP contribution in [0.4, 0.5) is 5.69 Å². The van der Waals surface area contributed by atoms with E-state index < -0.39 is 0 Å². The Morgan fingerprint density at radius 2 is 1.75 bits per heavy atom. The van der Waals surface area contributed by atoms with Gasteiger partial charge in [-0.2, -0.15) is 0 Å². The summed E-state index contributed by atoms with van der Waals surface area (Å²) in [5.41, 5.74) is 6.06. The lowest BCUT2D eigenvalue weighted by atomic mass is 9.84. The van der Waals surface area contributed by atoms with Gasteiger partial charge in [0, 0.05) is 18.4 Å². The average Bonchev–Trinajstić information content (AvgIpc) is 2.77. The number of para-hydroxylation sites is 1. The van der Waals surface area contributed by atoms with Crippen LogP contribution in [0.3, 0.4) is 0 Å². The summed E-state index contributed by atoms with van der Waals surface area (Å²) in [5, 5.41) is 3.70. The average molecular weight is 373 g/mol. The minimum Gasteiger partial charge on any atom is -0.493 e. The fraction of sp³-hybridized carbons (Fsp3) is 0.261. The molecule has 0 aliphatic carbocycles. The van der Waals surface area contributed by atoms with Crippen LogP contribution in [0.15, 0.2) is 60.8 Å². The van der Waals surface area contributed by atoms with Crippen molar-refractivity contribution in [1.82, 2.24) is 9.88 Å². The van der Waals surface area contributed by atoms with Gasteiger partial charge in [-0.15, -0.1) is 0 Å². The van der Waals surface area contributed by atoms with E-state index in [9.17, 15) is 0 Å². The van der Waals surface area contributed by atoms with Gasteiger partial charge in [-0.05, 0) is 53.4 Å². The molecule has 28 heavy (non-hydrogen) atoms. The zero-order valence-corrected chi connectivity index (χ0v) is 16.1. The molecule has 0 saturated heterocycles. The fourth-order valence-corrected chi connectivity index (χ4v) is 4.47. The van der Waals surface area contributed by atoms with Gasteiger partial charge in [0.25, 0.3) is 0 Å². The fourth-order valence-electron chi connectivity index (χ4n) is 4.47. The first-order chi connectivity index (χ1) is 13.8. The number of methoxy groups -OCH3 is 2. The number of hydrogen-bond donors (Lipinski definition) is 1. The number of rotatable bonds is 3. The molecule has 2 aliphatic heterocycles. The first-order valence-electron chi connectivity index (χ1n) is 9.57. The van der Waals surface area contributed by atoms with Gasteiger partial charge in [0.2, 0.25) is 0 Å². The van der Waals surface area contributed by atoms with Gasteiger partial charge >= 0.3 is 0 Å². The molecule has 0 amide bonds. The molecule has 5 heteroatoms. The second-order valence-corrected chi connectivity index (χ2v) is 7.19. The van der Waals surface area contributed by atoms with Crippen molar-refractivity contribution in [2.75, 3.05) is 26.1 Å². The first-order valence-corrected chi connectivity index (χ1v) is 9.57. The summed E-state index contributed by atoms with van der Waals surface area (Å²) in [7, 11) is 3.38. The number of nitrogens with one attached hydrogen (secondary N) is 1. The maximum Gasteiger partial charge on any atom is 0.161 e. The molecule has 3 heterocycles. The Kier molecular flexibility index (Phi) is 4.17. The van der Waals surface area contributed by atoms with Crippen LogP contribution >= 0.6 is 0 Å². The predicted molar refractivity (Wildman–Crippen MR) is 109 cm³/mol. The molecule has 3 aromatic rings. The highest BCUT2D eigenvalue weighted by Gasteiger charge is 2.40. The number of benzene rings is 2. The topological polar surface area (TPSA) is 46.6 Å². The van der Waals surface area contributed by atoms with Crippen LogP contribution in [0.1, 0.15) is 34.6 Å². The first kappa shape index (κ1) is 17.1. The second kappa shape index (κ2) is 6.84. The number of pyridine rings is 1. The molecule has 0 radical (unpaired) electrons. The number of anilines is 1. The number of aromatic nitrogens is 1. The van der Waals surface area contributed by atoms with E-state index in [1.807, 2.05) is 18.3 Å². The summed E-state index contributed by atoms with van der Waals surface area (Å²) in [6.07, 6.45) is 2.85. The summed E-state index contributed by atoms with van der Waals surface area (Å²) in [4.78, 5) is 7.13. The summed E-state index contributed by atoms with van der Waals surface area (Å²) in [6, 6.07) is 19.1. The molecule has 142 valence electrons. The maximum atomic E-state index is 5.61. The lowest BCUT2D eigenvalue weighted by Gasteiger charge is -2.47. The Morgan fingerprint density at radius 1 is 0.964 bits per heavy atom. The molecule has 5 nitrogen and oxygen atoms in total. The van der Waals surface area contributed by atoms with E-state index in [2.05, 4.69) is 57.7 Å². The van der Waals surface area contributed by atoms with E-state index in [0.717, 1.165) is 35.8 Å². The lowest BCUT2D eigenvalue weighted by Crippen LogP contribution is -2.45. The van der Waals surface area contributed by atoms with E-state index in [4.69, 9.17) is 9.47 Å². The molecule has 1 aromatic heterocycles. The van der Waals surface area contributed by atoms with Gasteiger partial charge in [0.1, 0.15) is 6.17 Å². The van der Waals surface area contributed by atoms with E-state index in [0.29, 0.717) is 0 Å². The third-order valence-electron chi connectivity index (χ3n) is 5.76. The molecule has 2 atom stereocenters. The van der Waals surface area contributed by atoms with Gasteiger partial charge in [0.15, 0.2) is 11.5 Å². The predicted octanol–water partition coefficient (Wildman–Crippen LogP) is 4.17. The van der Waals surface area contributed by atoms with Crippen molar-refractivity contribution >= 4 is 5.69 Å². The van der Waals surface area contributed by atoms with Gasteiger partial charge < -0.3 is 14.8 Å². The molecular weight excluding hydrogens is 350 g/mol. The highest BCUT2D eigenvalue weighted by molar-refractivity contribution is 5.61. The van der Waals surface area contributed by atoms with Crippen molar-refractivity contribution in [2.45, 2.75) is 18.6 Å². The van der Waals surface area contributed by atoms with E-state index >= 15 is 0 Å². The monoisotopic (exact) mass is 373 g/mol. The normalized spacial score (nSPS) is 20.4. The Morgan fingerprint density at radius 3 is 2.54 bits per heavy atom. The van der Waals surface area contributed by atoms with Crippen LogP contribution in [-0.4, -0.2) is 30.6 Å². The van der Waals surface area contributed by atoms with Crippen molar-refractivity contribution in [3.63, 3.8) is 0 Å². The summed E-state index contributed by atoms with van der Waals surface area (Å²) < 4.78 is 11.1. The minimum absolute atomic E-state index is 0.0300. The Labute approximate surface area is 164 Å². The van der Waals surface area contributed by atoms with E-state index in [1.165, 1.54) is 16.7 Å². The summed E-state index contributed by atoms with van der Waals surface area (Å²) in [5.74, 6) is 1.56. The van der Waals surface area contributed by atoms with Crippen molar-refractivity contribution in [3.8, 4) is 11.5 Å². The maximum absolute atomic E-state index is 5.61. The molecule has 2 aromatic carbocycles. The third kappa shape index (κ3) is 2.62. The SMILES string of the molecule is COc1cc2c(cc1OC)[C@@H]1c3ccccc3N[C@@H](c3ccccn3)N1CC2. The molecule has 0 fully saturated rings. The number of ether oxygens (including phenoxy) is 2. The van der Waals surface area contributed by atoms with Crippen LogP contribution in [0.5, 0.6) is 11.5 Å². The molecule has 0 bridgehead atoms. The highest BCUT2D eigenvalue weighted by atomic mass is 16.5. The molecule has 2 aliphatic rings. The van der Waals surface area contributed by atoms with Crippen LogP contribution in [-0.2, 0) is 6.42 Å². The van der Waals surface area contributed by atoms with Gasteiger partial charge in [0.05, 0.1) is 26.0 Å². The van der Waals surface area contributed by atoms with Crippen molar-refractivity contribution in [1.29, 1.82) is 0 Å². The van der Waals surface area contributed by atoms with Crippen LogP contribution in [0.25, 0.3) is 0 Å². The smallest absolute Gasteiger partial charge is 0.161 e. The largest absolute Gasteiger partial charge is 0.493 e. The number of hydrogen-bond acceptors (Lipinski definition) is 5. The second-order valence-electron chi connectivity index (χ2n) is 7.19. The van der Waals surface area contributed by atoms with Crippen LogP contribution < -0.4 is 14.8 Å². The van der Waals surface area contributed by atoms with E-state index in [-0.39, 0.29) is 12.2 Å². The Balaban J connectivity index is 1.69. The summed E-state index contributed by atoms with van der Waals surface area (Å²) >= 11 is 0. The summed E-state index contributed by atoms with van der Waals surface area (Å²) in [6.45, 7) is 0.940. The molecule has 0 unspecified atom stereocenters. The van der Waals surface area contributed by atoms with Crippen molar-refractivity contribution in [2.24, 2.45) is 0 Å². The minimum atomic E-state index is 0.0300. The molecular formula is C23H23N3O2. The lowest BCUT2D eigenvalue weighted by molar-refractivity contribution is 0.150. The highest BCUT2D eigenvalue weighted by Crippen LogP contribution is 2.48. The quantitative estimate of drug-likeness (QED) is 0.747. The number of fused-ring (bicyclic) bond motifs is 5. The zero-order chi connectivity index (χ0) is 19.1. The van der Waals surface area contributed by atoms with Gasteiger partial charge in [-0.3, -0.25) is 9.88 Å². The van der Waals surface area contributed by atoms with Gasteiger partial charge in [-0.1, -0.05) is 24.3 Å². The van der Waals surface area contributed by atoms with Crippen molar-refractivity contribution in [3.05, 3.63) is 83.2 Å². The number of nitrogens with zero attached hydrogens (tertiary/aromatic N) is 2. The molecule has 0 saturated carbocycles. The van der Waals surface area contributed by atoms with E-state index in [1.54, 1.807) is 14.2 Å². The van der Waals surface area contributed by atoms with Crippen molar-refractivity contribution < 1.29 is 9.47 Å². The zero-order valence-electron chi connectivity index (χ0n) is 16.1. The standard InChI is InChI=1S/C23H23N3O2/c1-27-20-13-15-10-12-26-22(17(15)14-21(20)28-2)16-7-3-4-8-18(16)25-23(26)19-9-5-6-11-24-19/h3-9,11,13-14,22-23,25H,10,12H2,1-2H3/t22-,23+/m0/s1. The Hall–Kier alpha value is -3.05. The van der Waals surface area contributed by atoms with Gasteiger partial charge in [-0.25, -0.2) is 0 Å². The van der Waals surface area contributed by atoms with Crippen LogP contribution in [0, 0.1) is 0 Å². The third-order valence-corrected chi connectivity index (χ3v) is 5.76. The molecule has 5 rings (SSSR count). The molecule has 1 N–H and O–H groups in total. The molecule has 0 spiro atoms. The van der Waals surface area contributed by atoms with Crippen LogP contribution in [0.2, 0.25) is 0 Å².